The second-order valence-corrected chi connectivity index (χ2v) is 4.79. The van der Waals surface area contributed by atoms with Crippen molar-refractivity contribution in [2.24, 2.45) is 0 Å². The van der Waals surface area contributed by atoms with E-state index in [1.807, 2.05) is 6.07 Å². The highest BCUT2D eigenvalue weighted by molar-refractivity contribution is 6.42. The Kier molecular flexibility index (Phi) is 6.84. The SMILES string of the molecule is COC(=O)CNC[C@@H](CC=O)c1ccc(Cl)c(Cl)c1. The van der Waals surface area contributed by atoms with Crippen molar-refractivity contribution >= 4 is 35.5 Å². The number of benzene rings is 1. The predicted molar refractivity (Wildman–Crippen MR) is 74.8 cm³/mol. The summed E-state index contributed by atoms with van der Waals surface area (Å²) >= 11 is 11.8. The molecule has 0 aliphatic heterocycles. The van der Waals surface area contributed by atoms with Crippen molar-refractivity contribution in [2.45, 2.75) is 12.3 Å². The summed E-state index contributed by atoms with van der Waals surface area (Å²) in [6.45, 7) is 0.582. The minimum absolute atomic E-state index is 0.0584. The van der Waals surface area contributed by atoms with E-state index in [2.05, 4.69) is 10.1 Å². The number of nitrogens with one attached hydrogen (secondary N) is 1. The van der Waals surface area contributed by atoms with Gasteiger partial charge in [0, 0.05) is 18.9 Å². The van der Waals surface area contributed by atoms with Crippen molar-refractivity contribution in [1.82, 2.24) is 5.32 Å². The summed E-state index contributed by atoms with van der Waals surface area (Å²) in [4.78, 5) is 21.7. The highest BCUT2D eigenvalue weighted by Gasteiger charge is 2.13. The maximum absolute atomic E-state index is 11.0. The smallest absolute Gasteiger partial charge is 0.319 e. The zero-order chi connectivity index (χ0) is 14.3. The quantitative estimate of drug-likeness (QED) is 0.621. The summed E-state index contributed by atoms with van der Waals surface area (Å²) < 4.78 is 4.52. The summed E-state index contributed by atoms with van der Waals surface area (Å²) in [5.41, 5.74) is 0.902. The summed E-state index contributed by atoms with van der Waals surface area (Å²) in [6.07, 6.45) is 1.18. The summed E-state index contributed by atoms with van der Waals surface area (Å²) in [5.74, 6) is -0.407. The van der Waals surface area contributed by atoms with Gasteiger partial charge < -0.3 is 14.8 Å². The van der Waals surface area contributed by atoms with Crippen molar-refractivity contribution in [3.8, 4) is 0 Å². The van der Waals surface area contributed by atoms with Gasteiger partial charge in [0.15, 0.2) is 0 Å². The molecule has 0 amide bonds. The Hall–Kier alpha value is -1.10. The fourth-order valence-corrected chi connectivity index (χ4v) is 1.95. The topological polar surface area (TPSA) is 55.4 Å². The van der Waals surface area contributed by atoms with Gasteiger partial charge in [0.05, 0.1) is 23.7 Å². The van der Waals surface area contributed by atoms with E-state index < -0.39 is 0 Å². The average Bonchev–Trinajstić information content (AvgIpc) is 2.40. The first kappa shape index (κ1) is 16.0. The predicted octanol–water partition coefficient (Wildman–Crippen LogP) is 2.43. The van der Waals surface area contributed by atoms with E-state index in [0.29, 0.717) is 23.0 Å². The van der Waals surface area contributed by atoms with Gasteiger partial charge in [-0.2, -0.15) is 0 Å². The number of ether oxygens (including phenoxy) is 1. The third-order valence-electron chi connectivity index (χ3n) is 2.68. The number of aldehydes is 1. The molecule has 1 aromatic rings. The van der Waals surface area contributed by atoms with Gasteiger partial charge in [0.25, 0.3) is 0 Å². The van der Waals surface area contributed by atoms with Gasteiger partial charge in [-0.05, 0) is 17.7 Å². The third-order valence-corrected chi connectivity index (χ3v) is 3.42. The Bertz CT molecular complexity index is 452. The van der Waals surface area contributed by atoms with Crippen LogP contribution in [0, 0.1) is 0 Å². The number of hydrogen-bond donors (Lipinski definition) is 1. The van der Waals surface area contributed by atoms with Gasteiger partial charge in [0.2, 0.25) is 0 Å². The van der Waals surface area contributed by atoms with Crippen LogP contribution in [-0.4, -0.2) is 32.5 Å². The maximum atomic E-state index is 11.0. The van der Waals surface area contributed by atoms with Crippen LogP contribution in [0.3, 0.4) is 0 Å². The van der Waals surface area contributed by atoms with Gasteiger partial charge in [-0.1, -0.05) is 29.3 Å². The van der Waals surface area contributed by atoms with Gasteiger partial charge in [-0.3, -0.25) is 4.79 Å². The van der Waals surface area contributed by atoms with Gasteiger partial charge in [0.1, 0.15) is 6.29 Å². The lowest BCUT2D eigenvalue weighted by Crippen LogP contribution is -2.28. The molecule has 1 aromatic carbocycles. The van der Waals surface area contributed by atoms with Gasteiger partial charge in [-0.15, -0.1) is 0 Å². The van der Waals surface area contributed by atoms with Crippen LogP contribution in [-0.2, 0) is 14.3 Å². The molecule has 0 radical (unpaired) electrons. The molecular formula is C13H15Cl2NO3. The Morgan fingerprint density at radius 2 is 2.16 bits per heavy atom. The number of carbonyl (C=O) groups is 2. The molecule has 0 aliphatic carbocycles. The zero-order valence-electron chi connectivity index (χ0n) is 10.5. The van der Waals surface area contributed by atoms with Gasteiger partial charge in [-0.25, -0.2) is 0 Å². The molecule has 0 aromatic heterocycles. The molecule has 6 heteroatoms. The van der Waals surface area contributed by atoms with Crippen molar-refractivity contribution in [1.29, 1.82) is 0 Å². The molecule has 0 saturated carbocycles. The number of rotatable bonds is 7. The summed E-state index contributed by atoms with van der Waals surface area (Å²) in [7, 11) is 1.33. The molecule has 1 rings (SSSR count). The van der Waals surface area contributed by atoms with Crippen molar-refractivity contribution in [3.05, 3.63) is 33.8 Å². The molecule has 0 aliphatic rings. The highest BCUT2D eigenvalue weighted by Crippen LogP contribution is 2.27. The van der Waals surface area contributed by atoms with Crippen LogP contribution >= 0.6 is 23.2 Å². The molecule has 0 heterocycles. The van der Waals surface area contributed by atoms with E-state index in [-0.39, 0.29) is 18.4 Å². The van der Waals surface area contributed by atoms with Gasteiger partial charge >= 0.3 is 5.97 Å². The van der Waals surface area contributed by atoms with E-state index in [1.54, 1.807) is 12.1 Å². The molecule has 0 spiro atoms. The van der Waals surface area contributed by atoms with Crippen LogP contribution < -0.4 is 5.32 Å². The molecule has 1 N–H and O–H groups in total. The molecule has 104 valence electrons. The van der Waals surface area contributed by atoms with Crippen molar-refractivity contribution in [3.63, 3.8) is 0 Å². The second kappa shape index (κ2) is 8.15. The van der Waals surface area contributed by atoms with Crippen LogP contribution in [0.15, 0.2) is 18.2 Å². The lowest BCUT2D eigenvalue weighted by molar-refractivity contribution is -0.139. The first-order valence-electron chi connectivity index (χ1n) is 5.74. The summed E-state index contributed by atoms with van der Waals surface area (Å²) in [6, 6.07) is 5.25. The summed E-state index contributed by atoms with van der Waals surface area (Å²) in [5, 5.41) is 3.86. The monoisotopic (exact) mass is 303 g/mol. The Morgan fingerprint density at radius 1 is 1.42 bits per heavy atom. The number of methoxy groups -OCH3 is 1. The lowest BCUT2D eigenvalue weighted by Gasteiger charge is -2.16. The molecule has 0 fully saturated rings. The average molecular weight is 304 g/mol. The van der Waals surface area contributed by atoms with Crippen LogP contribution in [0.2, 0.25) is 10.0 Å². The molecule has 19 heavy (non-hydrogen) atoms. The Balaban J connectivity index is 2.68. The minimum Gasteiger partial charge on any atom is -0.468 e. The zero-order valence-corrected chi connectivity index (χ0v) is 12.0. The molecule has 1 atom stereocenters. The fourth-order valence-electron chi connectivity index (χ4n) is 1.64. The molecular weight excluding hydrogens is 289 g/mol. The minimum atomic E-state index is -0.348. The largest absolute Gasteiger partial charge is 0.468 e. The Labute approximate surface area is 122 Å². The van der Waals surface area contributed by atoms with Crippen LogP contribution in [0.5, 0.6) is 0 Å². The van der Waals surface area contributed by atoms with Crippen molar-refractivity contribution < 1.29 is 14.3 Å². The lowest BCUT2D eigenvalue weighted by atomic mass is 9.96. The van der Waals surface area contributed by atoms with E-state index in [4.69, 9.17) is 23.2 Å². The molecule has 0 unspecified atom stereocenters. The molecule has 4 nitrogen and oxygen atoms in total. The normalized spacial score (nSPS) is 11.9. The van der Waals surface area contributed by atoms with E-state index in [9.17, 15) is 9.59 Å². The standard InChI is InChI=1S/C13H15Cl2NO3/c1-19-13(18)8-16-7-10(4-5-17)9-2-3-11(14)12(15)6-9/h2-3,5-6,10,16H,4,7-8H2,1H3/t10-/m1/s1. The number of hydrogen-bond acceptors (Lipinski definition) is 4. The number of halogens is 2. The fraction of sp³-hybridized carbons (Fsp3) is 0.385. The number of carbonyl (C=O) groups excluding carboxylic acids is 2. The third kappa shape index (κ3) is 5.19. The highest BCUT2D eigenvalue weighted by atomic mass is 35.5. The van der Waals surface area contributed by atoms with E-state index >= 15 is 0 Å². The first-order valence-corrected chi connectivity index (χ1v) is 6.50. The van der Waals surface area contributed by atoms with Crippen LogP contribution in [0.1, 0.15) is 17.9 Å². The van der Waals surface area contributed by atoms with Crippen LogP contribution in [0.4, 0.5) is 0 Å². The van der Waals surface area contributed by atoms with E-state index in [1.165, 1.54) is 7.11 Å². The first-order chi connectivity index (χ1) is 9.08. The van der Waals surface area contributed by atoms with Crippen LogP contribution in [0.25, 0.3) is 0 Å². The Morgan fingerprint density at radius 3 is 2.74 bits per heavy atom. The van der Waals surface area contributed by atoms with E-state index in [0.717, 1.165) is 11.8 Å². The second-order valence-electron chi connectivity index (χ2n) is 3.98. The molecule has 0 bridgehead atoms. The molecule has 0 saturated heterocycles. The number of esters is 1. The van der Waals surface area contributed by atoms with Crippen molar-refractivity contribution in [2.75, 3.05) is 20.2 Å². The maximum Gasteiger partial charge on any atom is 0.319 e.